The minimum absolute atomic E-state index is 0.0331. The number of hydrogen-bond acceptors (Lipinski definition) is 4. The lowest BCUT2D eigenvalue weighted by molar-refractivity contribution is -0.134. The van der Waals surface area contributed by atoms with Crippen LogP contribution in [0.2, 0.25) is 0 Å². The van der Waals surface area contributed by atoms with Gasteiger partial charge in [-0.3, -0.25) is 4.79 Å². The molecule has 3 aromatic rings. The van der Waals surface area contributed by atoms with Crippen molar-refractivity contribution >= 4 is 28.6 Å². The molecule has 0 unspecified atom stereocenters. The van der Waals surface area contributed by atoms with Gasteiger partial charge >= 0.3 is 0 Å². The number of ether oxygens (including phenoxy) is 1. The number of amides is 1. The molecule has 1 aliphatic rings. The van der Waals surface area contributed by atoms with Crippen molar-refractivity contribution < 1.29 is 9.53 Å². The van der Waals surface area contributed by atoms with E-state index in [1.54, 1.807) is 6.08 Å². The molecule has 1 aliphatic heterocycles. The largest absolute Gasteiger partial charge is 0.484 e. The molecule has 0 atom stereocenters. The molecule has 1 N–H and O–H groups in total. The van der Waals surface area contributed by atoms with Gasteiger partial charge < -0.3 is 14.6 Å². The number of imidazole rings is 1. The van der Waals surface area contributed by atoms with Crippen molar-refractivity contribution in [3.63, 3.8) is 0 Å². The first-order chi connectivity index (χ1) is 15.0. The Morgan fingerprint density at radius 3 is 2.58 bits per heavy atom. The van der Waals surface area contributed by atoms with E-state index in [0.29, 0.717) is 17.1 Å². The van der Waals surface area contributed by atoms with Gasteiger partial charge in [0.25, 0.3) is 5.91 Å². The number of allylic oxidation sites excluding steroid dienone is 1. The first-order valence-corrected chi connectivity index (χ1v) is 10.6. The van der Waals surface area contributed by atoms with Crippen molar-refractivity contribution in [2.75, 3.05) is 19.7 Å². The van der Waals surface area contributed by atoms with Crippen molar-refractivity contribution in [2.24, 2.45) is 0 Å². The van der Waals surface area contributed by atoms with E-state index in [4.69, 9.17) is 4.74 Å². The zero-order valence-electron chi connectivity index (χ0n) is 17.9. The van der Waals surface area contributed by atoms with Crippen LogP contribution in [0.5, 0.6) is 5.75 Å². The maximum Gasteiger partial charge on any atom is 0.260 e. The molecule has 1 fully saturated rings. The fourth-order valence-corrected chi connectivity index (χ4v) is 3.76. The molecule has 31 heavy (non-hydrogen) atoms. The number of piperidine rings is 1. The minimum atomic E-state index is 0.0331. The van der Waals surface area contributed by atoms with Crippen LogP contribution in [-0.4, -0.2) is 40.5 Å². The molecule has 0 bridgehead atoms. The third-order valence-corrected chi connectivity index (χ3v) is 5.74. The first-order valence-electron chi connectivity index (χ1n) is 10.6. The van der Waals surface area contributed by atoms with Crippen molar-refractivity contribution in [3.05, 3.63) is 58.9 Å². The lowest BCUT2D eigenvalue weighted by Gasteiger charge is -2.26. The Hall–Kier alpha value is -3.59. The molecule has 0 saturated carbocycles. The quantitative estimate of drug-likeness (QED) is 0.617. The van der Waals surface area contributed by atoms with E-state index in [1.165, 1.54) is 17.5 Å². The van der Waals surface area contributed by atoms with E-state index in [1.807, 2.05) is 48.2 Å². The summed E-state index contributed by atoms with van der Waals surface area (Å²) in [6.45, 7) is 5.80. The second kappa shape index (κ2) is 9.05. The second-order valence-corrected chi connectivity index (χ2v) is 8.01. The molecule has 4 rings (SSSR count). The standard InChI is InChI=1S/C25H26N4O2/c1-17-12-22-23(13-18(17)2)28-25(27-22)20(15-26)14-19-6-8-21(9-7-19)31-16-24(30)29-10-4-3-5-11-29/h6-9,12-14H,3-5,10-11,16H2,1-2H3,(H,27,28)/b20-14+. The van der Waals surface area contributed by atoms with Crippen LogP contribution < -0.4 is 4.74 Å². The normalized spacial score (nSPS) is 14.5. The summed E-state index contributed by atoms with van der Waals surface area (Å²) in [5.41, 5.74) is 5.43. The molecule has 0 radical (unpaired) electrons. The number of carbonyl (C=O) groups is 1. The van der Waals surface area contributed by atoms with E-state index in [0.717, 1.165) is 42.5 Å². The smallest absolute Gasteiger partial charge is 0.260 e. The summed E-state index contributed by atoms with van der Waals surface area (Å²) in [5, 5.41) is 9.65. The Balaban J connectivity index is 1.45. The Morgan fingerprint density at radius 2 is 1.87 bits per heavy atom. The third kappa shape index (κ3) is 4.77. The number of hydrogen-bond donors (Lipinski definition) is 1. The van der Waals surface area contributed by atoms with Gasteiger partial charge in [0.05, 0.1) is 16.6 Å². The van der Waals surface area contributed by atoms with Crippen LogP contribution in [0.25, 0.3) is 22.7 Å². The number of H-pyrrole nitrogens is 1. The average Bonchev–Trinajstić information content (AvgIpc) is 3.19. The molecule has 2 aromatic carbocycles. The van der Waals surface area contributed by atoms with Crippen LogP contribution in [0.15, 0.2) is 36.4 Å². The highest BCUT2D eigenvalue weighted by Gasteiger charge is 2.16. The highest BCUT2D eigenvalue weighted by atomic mass is 16.5. The summed E-state index contributed by atoms with van der Waals surface area (Å²) >= 11 is 0. The van der Waals surface area contributed by atoms with Crippen molar-refractivity contribution in [1.82, 2.24) is 14.9 Å². The van der Waals surface area contributed by atoms with Gasteiger partial charge in [-0.25, -0.2) is 4.98 Å². The van der Waals surface area contributed by atoms with Gasteiger partial charge in [-0.15, -0.1) is 0 Å². The van der Waals surface area contributed by atoms with E-state index in [-0.39, 0.29) is 12.5 Å². The van der Waals surface area contributed by atoms with Crippen LogP contribution >= 0.6 is 0 Å². The van der Waals surface area contributed by atoms with Crippen molar-refractivity contribution in [2.45, 2.75) is 33.1 Å². The summed E-state index contributed by atoms with van der Waals surface area (Å²) in [7, 11) is 0. The molecule has 1 aromatic heterocycles. The molecule has 1 amide bonds. The van der Waals surface area contributed by atoms with Gasteiger partial charge in [0.2, 0.25) is 0 Å². The number of aryl methyl sites for hydroxylation is 2. The molecule has 158 valence electrons. The second-order valence-electron chi connectivity index (χ2n) is 8.01. The maximum absolute atomic E-state index is 12.2. The molecule has 1 saturated heterocycles. The van der Waals surface area contributed by atoms with E-state index >= 15 is 0 Å². The number of nitrogens with zero attached hydrogens (tertiary/aromatic N) is 3. The van der Waals surface area contributed by atoms with Gasteiger partial charge in [0.15, 0.2) is 6.61 Å². The first kappa shape index (κ1) is 20.7. The number of nitrogens with one attached hydrogen (secondary N) is 1. The minimum Gasteiger partial charge on any atom is -0.484 e. The Morgan fingerprint density at radius 1 is 1.16 bits per heavy atom. The molecule has 6 nitrogen and oxygen atoms in total. The zero-order valence-corrected chi connectivity index (χ0v) is 17.9. The third-order valence-electron chi connectivity index (χ3n) is 5.74. The van der Waals surface area contributed by atoms with Crippen molar-refractivity contribution in [3.8, 4) is 11.8 Å². The molecule has 0 spiro atoms. The van der Waals surface area contributed by atoms with Crippen LogP contribution in [0, 0.1) is 25.2 Å². The van der Waals surface area contributed by atoms with E-state index in [2.05, 4.69) is 23.0 Å². The summed E-state index contributed by atoms with van der Waals surface area (Å²) in [5.74, 6) is 1.22. The van der Waals surface area contributed by atoms with Crippen LogP contribution in [0.4, 0.5) is 0 Å². The number of nitriles is 1. The number of rotatable bonds is 5. The fraction of sp³-hybridized carbons (Fsp3) is 0.320. The summed E-state index contributed by atoms with van der Waals surface area (Å²) in [6.07, 6.45) is 5.12. The predicted octanol–water partition coefficient (Wildman–Crippen LogP) is 4.64. The molecular weight excluding hydrogens is 388 g/mol. The lowest BCUT2D eigenvalue weighted by Crippen LogP contribution is -2.38. The summed E-state index contributed by atoms with van der Waals surface area (Å²) in [6, 6.07) is 13.7. The molecule has 0 aliphatic carbocycles. The van der Waals surface area contributed by atoms with E-state index < -0.39 is 0 Å². The molecular formula is C25H26N4O2. The number of aromatic amines is 1. The predicted molar refractivity (Wildman–Crippen MR) is 121 cm³/mol. The topological polar surface area (TPSA) is 82.0 Å². The number of fused-ring (bicyclic) bond motifs is 1. The Kier molecular flexibility index (Phi) is 6.03. The van der Waals surface area contributed by atoms with Gasteiger partial charge in [-0.05, 0) is 80.1 Å². The van der Waals surface area contributed by atoms with Crippen LogP contribution in [0.1, 0.15) is 41.8 Å². The lowest BCUT2D eigenvalue weighted by atomic mass is 10.1. The highest BCUT2D eigenvalue weighted by molar-refractivity contribution is 5.90. The maximum atomic E-state index is 12.2. The van der Waals surface area contributed by atoms with Gasteiger partial charge in [0, 0.05) is 13.1 Å². The van der Waals surface area contributed by atoms with Gasteiger partial charge in [-0.2, -0.15) is 5.26 Å². The number of carbonyl (C=O) groups excluding carboxylic acids is 1. The molecule has 6 heteroatoms. The Labute approximate surface area is 182 Å². The van der Waals surface area contributed by atoms with Gasteiger partial charge in [-0.1, -0.05) is 12.1 Å². The number of benzene rings is 2. The number of likely N-dealkylation sites (tertiary alicyclic amines) is 1. The highest BCUT2D eigenvalue weighted by Crippen LogP contribution is 2.23. The number of aromatic nitrogens is 2. The SMILES string of the molecule is Cc1cc2nc(/C(C#N)=C/c3ccc(OCC(=O)N4CCCCC4)cc3)[nH]c2cc1C. The Bertz CT molecular complexity index is 1120. The van der Waals surface area contributed by atoms with Gasteiger partial charge in [0.1, 0.15) is 17.6 Å². The molecule has 2 heterocycles. The fourth-order valence-electron chi connectivity index (χ4n) is 3.76. The van der Waals surface area contributed by atoms with Crippen LogP contribution in [0.3, 0.4) is 0 Å². The zero-order chi connectivity index (χ0) is 21.8. The average molecular weight is 415 g/mol. The summed E-state index contributed by atoms with van der Waals surface area (Å²) < 4.78 is 5.66. The monoisotopic (exact) mass is 414 g/mol. The van der Waals surface area contributed by atoms with E-state index in [9.17, 15) is 10.1 Å². The summed E-state index contributed by atoms with van der Waals surface area (Å²) in [4.78, 5) is 21.9. The van der Waals surface area contributed by atoms with Crippen molar-refractivity contribution in [1.29, 1.82) is 5.26 Å². The van der Waals surface area contributed by atoms with Crippen LogP contribution in [-0.2, 0) is 4.79 Å².